The Kier molecular flexibility index (Phi) is 6.22. The lowest BCUT2D eigenvalue weighted by Gasteiger charge is -2.20. The fourth-order valence-electron chi connectivity index (χ4n) is 3.02. The smallest absolute Gasteiger partial charge is 0.240 e. The van der Waals surface area contributed by atoms with Crippen LogP contribution >= 0.6 is 0 Å². The lowest BCUT2D eigenvalue weighted by atomic mass is 9.97. The molecule has 5 heteroatoms. The molecule has 0 bridgehead atoms. The summed E-state index contributed by atoms with van der Waals surface area (Å²) >= 11 is 0. The Bertz CT molecular complexity index is 634. The Balaban J connectivity index is 2.02. The second-order valence-electron chi connectivity index (χ2n) is 7.64. The van der Waals surface area contributed by atoms with Crippen molar-refractivity contribution in [3.63, 3.8) is 0 Å². The summed E-state index contributed by atoms with van der Waals surface area (Å²) in [5, 5.41) is 5.98. The highest BCUT2D eigenvalue weighted by Gasteiger charge is 2.56. The molecule has 5 nitrogen and oxygen atoms in total. The molecular weight excluding hydrogens is 314 g/mol. The summed E-state index contributed by atoms with van der Waals surface area (Å²) in [5.41, 5.74) is 2.11. The van der Waals surface area contributed by atoms with Crippen molar-refractivity contribution in [3.8, 4) is 0 Å². The molecule has 0 saturated heterocycles. The molecule has 0 atom stereocenters. The van der Waals surface area contributed by atoms with E-state index in [4.69, 9.17) is 0 Å². The average molecular weight is 345 g/mol. The van der Waals surface area contributed by atoms with E-state index in [0.29, 0.717) is 25.3 Å². The Morgan fingerprint density at radius 2 is 1.88 bits per heavy atom. The van der Waals surface area contributed by atoms with Gasteiger partial charge in [0.25, 0.3) is 0 Å². The van der Waals surface area contributed by atoms with Crippen LogP contribution < -0.4 is 10.6 Å². The van der Waals surface area contributed by atoms with Gasteiger partial charge in [0, 0.05) is 12.2 Å². The van der Waals surface area contributed by atoms with Gasteiger partial charge in [-0.15, -0.1) is 0 Å². The van der Waals surface area contributed by atoms with Gasteiger partial charge in [-0.3, -0.25) is 9.59 Å². The van der Waals surface area contributed by atoms with Gasteiger partial charge in [-0.25, -0.2) is 0 Å². The Morgan fingerprint density at radius 3 is 2.44 bits per heavy atom. The van der Waals surface area contributed by atoms with Crippen molar-refractivity contribution in [2.24, 2.45) is 5.41 Å². The number of hydrogen-bond donors (Lipinski definition) is 2. The van der Waals surface area contributed by atoms with Crippen molar-refractivity contribution < 1.29 is 9.59 Å². The summed E-state index contributed by atoms with van der Waals surface area (Å²) in [5.74, 6) is 0.00228. The van der Waals surface area contributed by atoms with Crippen molar-refractivity contribution >= 4 is 17.5 Å². The topological polar surface area (TPSA) is 61.4 Å². The van der Waals surface area contributed by atoms with Crippen LogP contribution in [0.25, 0.3) is 0 Å². The standard InChI is InChI=1S/C20H31N3O2/c1-14(2)16-9-6-8-15(3)17(16)22-19(25)20(10-11-20)18(24)21-12-7-13-23(4)5/h6,8-9,14H,7,10-13H2,1-5H3,(H,21,24)(H,22,25). The van der Waals surface area contributed by atoms with Crippen LogP contribution in [0.1, 0.15) is 50.2 Å². The molecule has 0 radical (unpaired) electrons. The molecule has 0 unspecified atom stereocenters. The summed E-state index contributed by atoms with van der Waals surface area (Å²) in [4.78, 5) is 27.4. The Hall–Kier alpha value is -1.88. The third kappa shape index (κ3) is 4.60. The van der Waals surface area contributed by atoms with E-state index in [-0.39, 0.29) is 11.8 Å². The molecule has 2 amide bonds. The van der Waals surface area contributed by atoms with Crippen molar-refractivity contribution in [2.45, 2.75) is 46.0 Å². The highest BCUT2D eigenvalue weighted by Crippen LogP contribution is 2.47. The molecular formula is C20H31N3O2. The summed E-state index contributed by atoms with van der Waals surface area (Å²) in [6.45, 7) is 7.72. The normalized spacial score (nSPS) is 15.3. The molecule has 25 heavy (non-hydrogen) atoms. The van der Waals surface area contributed by atoms with E-state index in [1.807, 2.05) is 39.2 Å². The van der Waals surface area contributed by atoms with Crippen molar-refractivity contribution in [1.82, 2.24) is 10.2 Å². The third-order valence-corrected chi connectivity index (χ3v) is 4.85. The van der Waals surface area contributed by atoms with E-state index in [1.165, 1.54) is 0 Å². The number of amides is 2. The highest BCUT2D eigenvalue weighted by atomic mass is 16.2. The minimum atomic E-state index is -0.880. The molecule has 1 saturated carbocycles. The highest BCUT2D eigenvalue weighted by molar-refractivity contribution is 6.13. The summed E-state index contributed by atoms with van der Waals surface area (Å²) in [7, 11) is 4.01. The number of hydrogen-bond acceptors (Lipinski definition) is 3. The van der Waals surface area contributed by atoms with Crippen molar-refractivity contribution in [3.05, 3.63) is 29.3 Å². The third-order valence-electron chi connectivity index (χ3n) is 4.85. The SMILES string of the molecule is Cc1cccc(C(C)C)c1NC(=O)C1(C(=O)NCCCN(C)C)CC1. The Morgan fingerprint density at radius 1 is 1.20 bits per heavy atom. The minimum absolute atomic E-state index is 0.136. The largest absolute Gasteiger partial charge is 0.355 e. The minimum Gasteiger partial charge on any atom is -0.355 e. The predicted octanol–water partition coefficient (Wildman–Crippen LogP) is 2.91. The number of carbonyl (C=O) groups excluding carboxylic acids is 2. The molecule has 1 fully saturated rings. The van der Waals surface area contributed by atoms with Crippen LogP contribution in [0.2, 0.25) is 0 Å². The first kappa shape index (κ1) is 19.4. The van der Waals surface area contributed by atoms with E-state index < -0.39 is 5.41 Å². The first-order chi connectivity index (χ1) is 11.8. The number of nitrogens with one attached hydrogen (secondary N) is 2. The number of carbonyl (C=O) groups is 2. The summed E-state index contributed by atoms with van der Waals surface area (Å²) in [6.07, 6.45) is 2.13. The average Bonchev–Trinajstić information content (AvgIpc) is 3.34. The molecule has 2 rings (SSSR count). The molecule has 0 aliphatic heterocycles. The van der Waals surface area contributed by atoms with E-state index in [0.717, 1.165) is 29.8 Å². The first-order valence-electron chi connectivity index (χ1n) is 9.12. The van der Waals surface area contributed by atoms with Gasteiger partial charge in [-0.2, -0.15) is 0 Å². The van der Waals surface area contributed by atoms with E-state index >= 15 is 0 Å². The van der Waals surface area contributed by atoms with Gasteiger partial charge in [0.2, 0.25) is 11.8 Å². The van der Waals surface area contributed by atoms with Gasteiger partial charge < -0.3 is 15.5 Å². The van der Waals surface area contributed by atoms with Gasteiger partial charge in [-0.1, -0.05) is 32.0 Å². The predicted molar refractivity (Wildman–Crippen MR) is 102 cm³/mol. The molecule has 1 aromatic carbocycles. The van der Waals surface area contributed by atoms with Gasteiger partial charge in [0.05, 0.1) is 0 Å². The van der Waals surface area contributed by atoms with Crippen molar-refractivity contribution in [2.75, 3.05) is 32.5 Å². The fourth-order valence-corrected chi connectivity index (χ4v) is 3.02. The first-order valence-corrected chi connectivity index (χ1v) is 9.12. The van der Waals surface area contributed by atoms with Crippen LogP contribution in [0.4, 0.5) is 5.69 Å². The number of aryl methyl sites for hydroxylation is 1. The molecule has 1 aliphatic carbocycles. The fraction of sp³-hybridized carbons (Fsp3) is 0.600. The molecule has 138 valence electrons. The number of para-hydroxylation sites is 1. The van der Waals surface area contributed by atoms with E-state index in [2.05, 4.69) is 29.4 Å². The molecule has 0 aromatic heterocycles. The van der Waals surface area contributed by atoms with E-state index in [9.17, 15) is 9.59 Å². The number of nitrogens with zero attached hydrogens (tertiary/aromatic N) is 1. The van der Waals surface area contributed by atoms with Crippen LogP contribution in [0.3, 0.4) is 0 Å². The maximum absolute atomic E-state index is 12.8. The van der Waals surface area contributed by atoms with Crippen LogP contribution in [0.15, 0.2) is 18.2 Å². The molecule has 0 spiro atoms. The zero-order chi connectivity index (χ0) is 18.6. The Labute approximate surface area is 151 Å². The van der Waals surface area contributed by atoms with Gasteiger partial charge in [0.15, 0.2) is 0 Å². The second kappa shape index (κ2) is 8.00. The van der Waals surface area contributed by atoms with Crippen LogP contribution in [0.5, 0.6) is 0 Å². The van der Waals surface area contributed by atoms with E-state index in [1.54, 1.807) is 0 Å². The van der Waals surface area contributed by atoms with Crippen molar-refractivity contribution in [1.29, 1.82) is 0 Å². The van der Waals surface area contributed by atoms with Crippen LogP contribution in [-0.4, -0.2) is 43.9 Å². The number of anilines is 1. The van der Waals surface area contributed by atoms with Gasteiger partial charge in [-0.05, 0) is 63.9 Å². The van der Waals surface area contributed by atoms with Gasteiger partial charge >= 0.3 is 0 Å². The molecule has 1 aromatic rings. The van der Waals surface area contributed by atoms with Crippen LogP contribution in [0, 0.1) is 12.3 Å². The molecule has 0 heterocycles. The zero-order valence-corrected chi connectivity index (χ0v) is 16.1. The monoisotopic (exact) mass is 345 g/mol. The summed E-state index contributed by atoms with van der Waals surface area (Å²) in [6, 6.07) is 6.03. The number of rotatable bonds is 8. The quantitative estimate of drug-likeness (QED) is 0.562. The summed E-state index contributed by atoms with van der Waals surface area (Å²) < 4.78 is 0. The van der Waals surface area contributed by atoms with Crippen LogP contribution in [-0.2, 0) is 9.59 Å². The molecule has 2 N–H and O–H groups in total. The zero-order valence-electron chi connectivity index (χ0n) is 16.1. The number of benzene rings is 1. The lowest BCUT2D eigenvalue weighted by molar-refractivity contribution is -0.134. The maximum atomic E-state index is 12.8. The van der Waals surface area contributed by atoms with Gasteiger partial charge in [0.1, 0.15) is 5.41 Å². The second-order valence-corrected chi connectivity index (χ2v) is 7.64. The molecule has 1 aliphatic rings. The lowest BCUT2D eigenvalue weighted by Crippen LogP contribution is -2.41. The maximum Gasteiger partial charge on any atom is 0.240 e.